The van der Waals surface area contributed by atoms with E-state index in [2.05, 4.69) is 4.84 Å². The number of amides is 2. The second-order valence-electron chi connectivity index (χ2n) is 4.09. The van der Waals surface area contributed by atoms with Crippen molar-refractivity contribution in [3.05, 3.63) is 35.4 Å². The Kier molecular flexibility index (Phi) is 3.58. The van der Waals surface area contributed by atoms with Crippen LogP contribution < -0.4 is 0 Å². The maximum atomic E-state index is 11.9. The van der Waals surface area contributed by atoms with Gasteiger partial charge in [-0.25, -0.2) is 13.2 Å². The van der Waals surface area contributed by atoms with Gasteiger partial charge >= 0.3 is 5.97 Å². The Morgan fingerprint density at radius 3 is 2.10 bits per heavy atom. The molecule has 1 aliphatic heterocycles. The summed E-state index contributed by atoms with van der Waals surface area (Å²) >= 11 is 0. The van der Waals surface area contributed by atoms with E-state index in [0.29, 0.717) is 0 Å². The van der Waals surface area contributed by atoms with Crippen LogP contribution in [0.25, 0.3) is 0 Å². The first-order valence-electron chi connectivity index (χ1n) is 5.74. The number of carbonyl (C=O) groups is 3. The van der Waals surface area contributed by atoms with Crippen LogP contribution in [0.15, 0.2) is 24.3 Å². The van der Waals surface area contributed by atoms with Crippen molar-refractivity contribution in [3.63, 3.8) is 0 Å². The molecule has 0 saturated carbocycles. The summed E-state index contributed by atoms with van der Waals surface area (Å²) in [6.07, 6.45) is 0. The summed E-state index contributed by atoms with van der Waals surface area (Å²) in [5, 5.41) is 0.290. The number of hydrogen-bond donors (Lipinski definition) is 0. The van der Waals surface area contributed by atoms with Crippen molar-refractivity contribution in [2.24, 2.45) is 0 Å². The van der Waals surface area contributed by atoms with Gasteiger partial charge in [-0.15, -0.1) is 0 Å². The molecule has 0 aliphatic carbocycles. The van der Waals surface area contributed by atoms with Crippen molar-refractivity contribution in [1.82, 2.24) is 5.06 Å². The Balaban J connectivity index is 2.15. The van der Waals surface area contributed by atoms with Crippen LogP contribution in [0.3, 0.4) is 0 Å². The van der Waals surface area contributed by atoms with Crippen LogP contribution in [-0.2, 0) is 19.5 Å². The Hall–Kier alpha value is -2.22. The normalized spacial score (nSPS) is 14.3. The van der Waals surface area contributed by atoms with Crippen molar-refractivity contribution >= 4 is 27.6 Å². The highest BCUT2D eigenvalue weighted by Crippen LogP contribution is 2.22. The number of hydroxylamine groups is 2. The van der Waals surface area contributed by atoms with Crippen molar-refractivity contribution in [3.8, 4) is 0 Å². The number of nitrogens with zero attached hydrogens (tertiary/aromatic N) is 1. The average molecular weight is 297 g/mol. The highest BCUT2D eigenvalue weighted by atomic mass is 32.2. The molecule has 2 rings (SSSR count). The number of imide groups is 1. The molecule has 0 saturated heterocycles. The van der Waals surface area contributed by atoms with Crippen LogP contribution in [0.5, 0.6) is 0 Å². The Morgan fingerprint density at radius 1 is 1.15 bits per heavy atom. The summed E-state index contributed by atoms with van der Waals surface area (Å²) in [6, 6.07) is 5.98. The maximum absolute atomic E-state index is 11.9. The van der Waals surface area contributed by atoms with E-state index in [9.17, 15) is 22.8 Å². The Labute approximate surface area is 115 Å². The molecule has 1 aromatic carbocycles. The summed E-state index contributed by atoms with van der Waals surface area (Å²) in [4.78, 5) is 39.8. The summed E-state index contributed by atoms with van der Waals surface area (Å²) in [7, 11) is -3.59. The molecule has 0 bridgehead atoms. The molecular formula is C12H11NO6S. The van der Waals surface area contributed by atoms with Gasteiger partial charge in [0.1, 0.15) is 0 Å². The van der Waals surface area contributed by atoms with Crippen LogP contribution >= 0.6 is 0 Å². The highest BCUT2D eigenvalue weighted by Gasteiger charge is 2.39. The van der Waals surface area contributed by atoms with E-state index in [1.165, 1.54) is 19.1 Å². The lowest BCUT2D eigenvalue weighted by atomic mass is 10.1. The highest BCUT2D eigenvalue weighted by molar-refractivity contribution is 7.92. The molecule has 0 N–H and O–H groups in total. The molecule has 20 heavy (non-hydrogen) atoms. The minimum absolute atomic E-state index is 0.114. The number of carbonyl (C=O) groups excluding carboxylic acids is 3. The number of rotatable bonds is 4. The molecule has 0 atom stereocenters. The predicted octanol–water partition coefficient (Wildman–Crippen LogP) is 0.175. The van der Waals surface area contributed by atoms with Crippen LogP contribution in [0.1, 0.15) is 27.6 Å². The zero-order chi connectivity index (χ0) is 14.9. The van der Waals surface area contributed by atoms with Crippen LogP contribution in [0.4, 0.5) is 0 Å². The minimum atomic E-state index is -3.59. The topological polar surface area (TPSA) is 97.8 Å². The summed E-state index contributed by atoms with van der Waals surface area (Å²) in [5.41, 5.74) is 0.229. The fourth-order valence-corrected chi connectivity index (χ4v) is 2.28. The SMILES string of the molecule is CCS(=O)(=O)CC(=O)ON1C(=O)c2ccccc2C1=O. The molecule has 7 nitrogen and oxygen atoms in total. The van der Waals surface area contributed by atoms with E-state index in [-0.39, 0.29) is 21.9 Å². The first kappa shape index (κ1) is 14.2. The molecular weight excluding hydrogens is 286 g/mol. The van der Waals surface area contributed by atoms with Crippen molar-refractivity contribution in [1.29, 1.82) is 0 Å². The lowest BCUT2D eigenvalue weighted by molar-refractivity contribution is -0.165. The van der Waals surface area contributed by atoms with Gasteiger partial charge in [0.25, 0.3) is 11.8 Å². The number of fused-ring (bicyclic) bond motifs is 1. The monoisotopic (exact) mass is 297 g/mol. The lowest BCUT2D eigenvalue weighted by Crippen LogP contribution is -2.35. The summed E-state index contributed by atoms with van der Waals surface area (Å²) < 4.78 is 22.6. The van der Waals surface area contributed by atoms with E-state index in [1.807, 2.05) is 0 Å². The third-order valence-corrected chi connectivity index (χ3v) is 4.28. The van der Waals surface area contributed by atoms with Crippen LogP contribution in [0.2, 0.25) is 0 Å². The quantitative estimate of drug-likeness (QED) is 0.735. The molecule has 0 aromatic heterocycles. The van der Waals surface area contributed by atoms with Crippen LogP contribution in [0, 0.1) is 0 Å². The number of sulfone groups is 1. The average Bonchev–Trinajstić information content (AvgIpc) is 2.64. The van der Waals surface area contributed by atoms with Gasteiger partial charge in [-0.3, -0.25) is 9.59 Å². The minimum Gasteiger partial charge on any atom is -0.329 e. The lowest BCUT2D eigenvalue weighted by Gasteiger charge is -2.12. The third-order valence-electron chi connectivity index (χ3n) is 2.73. The Bertz CT molecular complexity index is 659. The fraction of sp³-hybridized carbons (Fsp3) is 0.250. The van der Waals surface area contributed by atoms with E-state index >= 15 is 0 Å². The van der Waals surface area contributed by atoms with Gasteiger partial charge in [0, 0.05) is 5.75 Å². The van der Waals surface area contributed by atoms with Gasteiger partial charge in [-0.2, -0.15) is 0 Å². The molecule has 0 unspecified atom stereocenters. The zero-order valence-corrected chi connectivity index (χ0v) is 11.3. The van der Waals surface area contributed by atoms with Crippen molar-refractivity contribution in [2.45, 2.75) is 6.92 Å². The van der Waals surface area contributed by atoms with Gasteiger partial charge in [-0.05, 0) is 12.1 Å². The second kappa shape index (κ2) is 5.04. The van der Waals surface area contributed by atoms with Gasteiger partial charge in [0.05, 0.1) is 11.1 Å². The van der Waals surface area contributed by atoms with Gasteiger partial charge in [0.2, 0.25) is 0 Å². The fourth-order valence-electron chi connectivity index (χ4n) is 1.66. The summed E-state index contributed by atoms with van der Waals surface area (Å²) in [6.45, 7) is 1.38. The molecule has 2 amide bonds. The zero-order valence-electron chi connectivity index (χ0n) is 10.5. The molecule has 8 heteroatoms. The van der Waals surface area contributed by atoms with E-state index < -0.39 is 33.4 Å². The number of benzene rings is 1. The smallest absolute Gasteiger partial charge is 0.329 e. The van der Waals surface area contributed by atoms with Gasteiger partial charge < -0.3 is 4.84 Å². The third kappa shape index (κ3) is 2.55. The molecule has 0 spiro atoms. The van der Waals surface area contributed by atoms with Gasteiger partial charge in [0.15, 0.2) is 15.6 Å². The molecule has 0 radical (unpaired) electrons. The summed E-state index contributed by atoms with van der Waals surface area (Å²) in [5.74, 6) is -3.84. The molecule has 1 aromatic rings. The van der Waals surface area contributed by atoms with E-state index in [4.69, 9.17) is 0 Å². The first-order valence-corrected chi connectivity index (χ1v) is 7.57. The molecule has 1 aliphatic rings. The van der Waals surface area contributed by atoms with E-state index in [0.717, 1.165) is 0 Å². The van der Waals surface area contributed by atoms with Crippen LogP contribution in [-0.4, -0.2) is 42.8 Å². The maximum Gasteiger partial charge on any atom is 0.348 e. The van der Waals surface area contributed by atoms with E-state index in [1.54, 1.807) is 12.1 Å². The molecule has 106 valence electrons. The van der Waals surface area contributed by atoms with Crippen molar-refractivity contribution in [2.75, 3.05) is 11.5 Å². The predicted molar refractivity (Wildman–Crippen MR) is 67.4 cm³/mol. The standard InChI is InChI=1S/C12H11NO6S/c1-2-20(17,18)7-10(14)19-13-11(15)8-5-3-4-6-9(8)12(13)16/h3-6H,2,7H2,1H3. The molecule has 1 heterocycles. The first-order chi connectivity index (χ1) is 9.35. The number of hydrogen-bond acceptors (Lipinski definition) is 6. The van der Waals surface area contributed by atoms with Crippen molar-refractivity contribution < 1.29 is 27.6 Å². The second-order valence-corrected chi connectivity index (χ2v) is 6.44. The molecule has 0 fully saturated rings. The van der Waals surface area contributed by atoms with Gasteiger partial charge in [-0.1, -0.05) is 24.1 Å². The largest absolute Gasteiger partial charge is 0.348 e. The Morgan fingerprint density at radius 2 is 1.65 bits per heavy atom.